The second-order valence-corrected chi connectivity index (χ2v) is 4.70. The lowest BCUT2D eigenvalue weighted by molar-refractivity contribution is 0.280. The Morgan fingerprint density at radius 3 is 2.40 bits per heavy atom. The number of nitrogens with one attached hydrogen (secondary N) is 1. The van der Waals surface area contributed by atoms with Crippen molar-refractivity contribution >= 4 is 0 Å². The van der Waals surface area contributed by atoms with Gasteiger partial charge in [-0.3, -0.25) is 0 Å². The molecule has 2 aromatic carbocycles. The summed E-state index contributed by atoms with van der Waals surface area (Å²) >= 11 is 0. The predicted molar refractivity (Wildman–Crippen MR) is 74.0 cm³/mol. The van der Waals surface area contributed by atoms with Crippen LogP contribution < -0.4 is 5.32 Å². The van der Waals surface area contributed by atoms with Crippen molar-refractivity contribution in [1.82, 2.24) is 5.32 Å². The summed E-state index contributed by atoms with van der Waals surface area (Å²) < 4.78 is 26.1. The molecule has 0 heterocycles. The van der Waals surface area contributed by atoms with Gasteiger partial charge in [0.1, 0.15) is 0 Å². The molecule has 2 nitrogen and oxygen atoms in total. The first-order valence-electron chi connectivity index (χ1n) is 6.47. The van der Waals surface area contributed by atoms with E-state index in [-0.39, 0.29) is 12.6 Å². The number of benzene rings is 2. The fraction of sp³-hybridized carbons (Fsp3) is 0.250. The van der Waals surface area contributed by atoms with E-state index in [9.17, 15) is 13.9 Å². The standard InChI is InChI=1S/C16H17F2NO/c1-11(12-6-7-15(17)16(18)8-12)19-9-13-4-2-3-5-14(13)10-20/h2-8,11,19-20H,9-10H2,1H3. The Kier molecular flexibility index (Phi) is 4.82. The fourth-order valence-electron chi connectivity index (χ4n) is 2.05. The first-order valence-corrected chi connectivity index (χ1v) is 6.47. The van der Waals surface area contributed by atoms with Gasteiger partial charge in [0.05, 0.1) is 6.61 Å². The van der Waals surface area contributed by atoms with Gasteiger partial charge < -0.3 is 10.4 Å². The van der Waals surface area contributed by atoms with E-state index in [0.29, 0.717) is 12.1 Å². The summed E-state index contributed by atoms with van der Waals surface area (Å²) in [5, 5.41) is 12.5. The van der Waals surface area contributed by atoms with Gasteiger partial charge >= 0.3 is 0 Å². The Labute approximate surface area is 117 Å². The Balaban J connectivity index is 2.04. The van der Waals surface area contributed by atoms with Gasteiger partial charge in [-0.2, -0.15) is 0 Å². The Bertz CT molecular complexity index is 586. The normalized spacial score (nSPS) is 12.4. The fourth-order valence-corrected chi connectivity index (χ4v) is 2.05. The van der Waals surface area contributed by atoms with Crippen molar-refractivity contribution in [2.45, 2.75) is 26.1 Å². The number of halogens is 2. The maximum atomic E-state index is 13.2. The van der Waals surface area contributed by atoms with E-state index in [4.69, 9.17) is 0 Å². The number of hydrogen-bond donors (Lipinski definition) is 2. The zero-order chi connectivity index (χ0) is 14.5. The minimum atomic E-state index is -0.841. The van der Waals surface area contributed by atoms with Gasteiger partial charge in [0.2, 0.25) is 0 Å². The van der Waals surface area contributed by atoms with Crippen molar-refractivity contribution in [2.75, 3.05) is 0 Å². The molecule has 2 aromatic rings. The van der Waals surface area contributed by atoms with E-state index < -0.39 is 11.6 Å². The van der Waals surface area contributed by atoms with Gasteiger partial charge in [-0.15, -0.1) is 0 Å². The molecule has 0 aliphatic rings. The molecule has 4 heteroatoms. The quantitative estimate of drug-likeness (QED) is 0.879. The lowest BCUT2D eigenvalue weighted by Crippen LogP contribution is -2.19. The van der Waals surface area contributed by atoms with E-state index in [1.54, 1.807) is 6.07 Å². The van der Waals surface area contributed by atoms with Crippen LogP contribution in [-0.2, 0) is 13.2 Å². The van der Waals surface area contributed by atoms with Crippen LogP contribution >= 0.6 is 0 Å². The van der Waals surface area contributed by atoms with Crippen molar-refractivity contribution in [3.63, 3.8) is 0 Å². The minimum Gasteiger partial charge on any atom is -0.392 e. The van der Waals surface area contributed by atoms with Crippen LogP contribution in [0.1, 0.15) is 29.7 Å². The van der Waals surface area contributed by atoms with Gasteiger partial charge in [-0.05, 0) is 35.7 Å². The van der Waals surface area contributed by atoms with Gasteiger partial charge in [-0.1, -0.05) is 30.3 Å². The highest BCUT2D eigenvalue weighted by Gasteiger charge is 2.09. The molecule has 0 amide bonds. The van der Waals surface area contributed by atoms with Gasteiger partial charge in [-0.25, -0.2) is 8.78 Å². The molecule has 1 atom stereocenters. The van der Waals surface area contributed by atoms with Crippen LogP contribution in [0.15, 0.2) is 42.5 Å². The maximum Gasteiger partial charge on any atom is 0.159 e. The van der Waals surface area contributed by atoms with E-state index in [1.165, 1.54) is 6.07 Å². The average Bonchev–Trinajstić information content (AvgIpc) is 2.47. The van der Waals surface area contributed by atoms with Crippen molar-refractivity contribution < 1.29 is 13.9 Å². The van der Waals surface area contributed by atoms with Crippen LogP contribution in [0.2, 0.25) is 0 Å². The second-order valence-electron chi connectivity index (χ2n) is 4.70. The molecule has 0 saturated heterocycles. The Morgan fingerprint density at radius 1 is 1.05 bits per heavy atom. The highest BCUT2D eigenvalue weighted by atomic mass is 19.2. The topological polar surface area (TPSA) is 32.3 Å². The number of rotatable bonds is 5. The zero-order valence-electron chi connectivity index (χ0n) is 11.2. The molecule has 0 bridgehead atoms. The van der Waals surface area contributed by atoms with Crippen LogP contribution in [0.25, 0.3) is 0 Å². The number of aliphatic hydroxyl groups excluding tert-OH is 1. The largest absolute Gasteiger partial charge is 0.392 e. The van der Waals surface area contributed by atoms with Gasteiger partial charge in [0.15, 0.2) is 11.6 Å². The minimum absolute atomic E-state index is 0.0165. The van der Waals surface area contributed by atoms with E-state index in [0.717, 1.165) is 17.2 Å². The van der Waals surface area contributed by atoms with E-state index >= 15 is 0 Å². The SMILES string of the molecule is CC(NCc1ccccc1CO)c1ccc(F)c(F)c1. The highest BCUT2D eigenvalue weighted by molar-refractivity contribution is 5.27. The molecule has 0 aliphatic heterocycles. The van der Waals surface area contributed by atoms with Crippen molar-refractivity contribution in [3.05, 3.63) is 70.8 Å². The first-order chi connectivity index (χ1) is 9.61. The monoisotopic (exact) mass is 277 g/mol. The summed E-state index contributed by atoms with van der Waals surface area (Å²) in [6.45, 7) is 2.42. The molecule has 106 valence electrons. The molecule has 0 radical (unpaired) electrons. The van der Waals surface area contributed by atoms with Gasteiger partial charge in [0.25, 0.3) is 0 Å². The highest BCUT2D eigenvalue weighted by Crippen LogP contribution is 2.17. The second kappa shape index (κ2) is 6.59. The third-order valence-corrected chi connectivity index (χ3v) is 3.33. The van der Waals surface area contributed by atoms with Crippen LogP contribution in [0, 0.1) is 11.6 Å². The summed E-state index contributed by atoms with van der Waals surface area (Å²) in [4.78, 5) is 0. The third kappa shape index (κ3) is 3.40. The van der Waals surface area contributed by atoms with E-state index in [2.05, 4.69) is 5.32 Å². The number of aliphatic hydroxyl groups is 1. The smallest absolute Gasteiger partial charge is 0.159 e. The summed E-state index contributed by atoms with van der Waals surface area (Å²) in [6.07, 6.45) is 0. The van der Waals surface area contributed by atoms with Gasteiger partial charge in [0, 0.05) is 12.6 Å². The molecule has 2 N–H and O–H groups in total. The molecular weight excluding hydrogens is 260 g/mol. The maximum absolute atomic E-state index is 13.2. The third-order valence-electron chi connectivity index (χ3n) is 3.33. The van der Waals surface area contributed by atoms with Crippen molar-refractivity contribution in [2.24, 2.45) is 0 Å². The van der Waals surface area contributed by atoms with Crippen molar-refractivity contribution in [1.29, 1.82) is 0 Å². The summed E-state index contributed by atoms with van der Waals surface area (Å²) in [7, 11) is 0. The Morgan fingerprint density at radius 2 is 1.75 bits per heavy atom. The summed E-state index contributed by atoms with van der Waals surface area (Å²) in [6, 6.07) is 11.3. The molecular formula is C16H17F2NO. The lowest BCUT2D eigenvalue weighted by Gasteiger charge is -2.16. The zero-order valence-corrected chi connectivity index (χ0v) is 11.2. The van der Waals surface area contributed by atoms with Crippen LogP contribution in [0.4, 0.5) is 8.78 Å². The molecule has 0 saturated carbocycles. The van der Waals surface area contributed by atoms with E-state index in [1.807, 2.05) is 31.2 Å². The first kappa shape index (κ1) is 14.6. The molecule has 0 aromatic heterocycles. The number of hydrogen-bond acceptors (Lipinski definition) is 2. The molecule has 20 heavy (non-hydrogen) atoms. The van der Waals surface area contributed by atoms with Crippen LogP contribution in [-0.4, -0.2) is 5.11 Å². The van der Waals surface area contributed by atoms with Crippen LogP contribution in [0.3, 0.4) is 0 Å². The van der Waals surface area contributed by atoms with Crippen molar-refractivity contribution in [3.8, 4) is 0 Å². The Hall–Kier alpha value is -1.78. The molecule has 1 unspecified atom stereocenters. The molecule has 2 rings (SSSR count). The average molecular weight is 277 g/mol. The van der Waals surface area contributed by atoms with Crippen LogP contribution in [0.5, 0.6) is 0 Å². The molecule has 0 spiro atoms. The molecule has 0 aliphatic carbocycles. The predicted octanol–water partition coefficient (Wildman–Crippen LogP) is 3.31. The summed E-state index contributed by atoms with van der Waals surface area (Å²) in [5.74, 6) is -1.68. The molecule has 0 fully saturated rings. The lowest BCUT2D eigenvalue weighted by atomic mass is 10.1. The summed E-state index contributed by atoms with van der Waals surface area (Å²) in [5.41, 5.74) is 2.53.